The summed E-state index contributed by atoms with van der Waals surface area (Å²) in [7, 11) is 0. The largest absolute Gasteiger partial charge is 0.472 e. The molecule has 0 aliphatic carbocycles. The van der Waals surface area contributed by atoms with Crippen molar-refractivity contribution in [3.05, 3.63) is 47.2 Å². The molecule has 2 N–H and O–H groups in total. The van der Waals surface area contributed by atoms with E-state index in [9.17, 15) is 0 Å². The highest BCUT2D eigenvalue weighted by molar-refractivity contribution is 5.22. The molecular weight excluding hydrogens is 238 g/mol. The third kappa shape index (κ3) is 4.41. The zero-order valence-electron chi connectivity index (χ0n) is 11.6. The van der Waals surface area contributed by atoms with E-state index in [2.05, 4.69) is 46.7 Å². The number of nitrogens with one attached hydrogen (secondary N) is 2. The Bertz CT molecular complexity index is 490. The lowest BCUT2D eigenvalue weighted by Crippen LogP contribution is -2.13. The molecule has 2 rings (SSSR count). The van der Waals surface area contributed by atoms with Crippen molar-refractivity contribution in [1.82, 2.24) is 15.5 Å². The van der Waals surface area contributed by atoms with E-state index in [0.717, 1.165) is 30.8 Å². The zero-order valence-corrected chi connectivity index (χ0v) is 11.6. The maximum absolute atomic E-state index is 5.59. The minimum absolute atomic E-state index is 0.549. The molecule has 1 aromatic heterocycles. The Hall–Kier alpha value is -1.81. The van der Waals surface area contributed by atoms with Crippen molar-refractivity contribution in [3.8, 4) is 5.88 Å². The van der Waals surface area contributed by atoms with Gasteiger partial charge < -0.3 is 10.1 Å². The van der Waals surface area contributed by atoms with Crippen LogP contribution in [0, 0.1) is 6.92 Å². The summed E-state index contributed by atoms with van der Waals surface area (Å²) >= 11 is 0. The number of aromatic nitrogens is 2. The lowest BCUT2D eigenvalue weighted by Gasteiger charge is -2.06. The van der Waals surface area contributed by atoms with Gasteiger partial charge in [-0.2, -0.15) is 0 Å². The summed E-state index contributed by atoms with van der Waals surface area (Å²) in [5.41, 5.74) is 3.46. The van der Waals surface area contributed by atoms with E-state index in [0.29, 0.717) is 12.5 Å². The Labute approximate surface area is 114 Å². The van der Waals surface area contributed by atoms with Crippen molar-refractivity contribution in [1.29, 1.82) is 0 Å². The normalized spacial score (nSPS) is 10.6. The molecule has 19 heavy (non-hydrogen) atoms. The van der Waals surface area contributed by atoms with E-state index in [1.807, 2.05) is 13.0 Å². The first-order valence-electron chi connectivity index (χ1n) is 6.71. The van der Waals surface area contributed by atoms with Crippen LogP contribution in [0.2, 0.25) is 0 Å². The number of ether oxygens (including phenoxy) is 1. The number of rotatable bonds is 7. The molecule has 0 saturated heterocycles. The average Bonchev–Trinajstić information content (AvgIpc) is 2.84. The first kappa shape index (κ1) is 13.6. The number of nitrogens with zero attached hydrogens (tertiary/aromatic N) is 1. The maximum atomic E-state index is 5.59. The van der Waals surface area contributed by atoms with Gasteiger partial charge in [0, 0.05) is 18.3 Å². The molecule has 102 valence electrons. The number of hydrogen-bond acceptors (Lipinski definition) is 3. The van der Waals surface area contributed by atoms with Crippen LogP contribution in [-0.4, -0.2) is 16.7 Å². The first-order chi connectivity index (χ1) is 9.28. The van der Waals surface area contributed by atoms with Crippen LogP contribution in [0.5, 0.6) is 5.88 Å². The quantitative estimate of drug-likeness (QED) is 0.752. The number of aryl methyl sites for hydroxylation is 1. The van der Waals surface area contributed by atoms with E-state index in [1.54, 1.807) is 0 Å². The summed E-state index contributed by atoms with van der Waals surface area (Å²) in [5, 5.41) is 10.3. The topological polar surface area (TPSA) is 49.9 Å². The smallest absolute Gasteiger partial charge is 0.233 e. The van der Waals surface area contributed by atoms with Gasteiger partial charge in [0.2, 0.25) is 5.88 Å². The van der Waals surface area contributed by atoms with E-state index in [1.165, 1.54) is 5.56 Å². The fourth-order valence-electron chi connectivity index (χ4n) is 1.79. The molecule has 0 aliphatic rings. The maximum Gasteiger partial charge on any atom is 0.233 e. The predicted octanol–water partition coefficient (Wildman–Crippen LogP) is 2.80. The molecule has 0 bridgehead atoms. The molecule has 4 nitrogen and oxygen atoms in total. The monoisotopic (exact) mass is 259 g/mol. The fraction of sp³-hybridized carbons (Fsp3) is 0.400. The summed E-state index contributed by atoms with van der Waals surface area (Å²) in [4.78, 5) is 0. The molecule has 0 aliphatic heterocycles. The molecule has 4 heteroatoms. The second-order valence-electron chi connectivity index (χ2n) is 4.67. The molecule has 0 amide bonds. The molecule has 0 spiro atoms. The first-order valence-corrected chi connectivity index (χ1v) is 6.71. The summed E-state index contributed by atoms with van der Waals surface area (Å²) in [6, 6.07) is 10.4. The highest BCUT2D eigenvalue weighted by Gasteiger charge is 2.00. The van der Waals surface area contributed by atoms with Crippen LogP contribution < -0.4 is 10.1 Å². The third-order valence-corrected chi connectivity index (χ3v) is 2.85. The summed E-state index contributed by atoms with van der Waals surface area (Å²) < 4.78 is 5.59. The molecule has 0 unspecified atom stereocenters. The molecule has 1 aromatic carbocycles. The Balaban J connectivity index is 1.81. The number of aromatic amines is 1. The Morgan fingerprint density at radius 2 is 1.95 bits per heavy atom. The van der Waals surface area contributed by atoms with Gasteiger partial charge in [-0.3, -0.25) is 5.10 Å². The Kier molecular flexibility index (Phi) is 4.98. The van der Waals surface area contributed by atoms with E-state index >= 15 is 0 Å². The SMILES string of the molecule is CCCNCc1ccc(COc2cc(C)[nH]n2)cc1. The van der Waals surface area contributed by atoms with Gasteiger partial charge in [-0.15, -0.1) is 5.10 Å². The summed E-state index contributed by atoms with van der Waals surface area (Å²) in [6.45, 7) is 6.66. The van der Waals surface area contributed by atoms with Crippen molar-refractivity contribution in [2.75, 3.05) is 6.54 Å². The summed E-state index contributed by atoms with van der Waals surface area (Å²) in [6.07, 6.45) is 1.16. The number of benzene rings is 1. The van der Waals surface area contributed by atoms with Gasteiger partial charge in [-0.05, 0) is 31.0 Å². The Morgan fingerprint density at radius 3 is 2.58 bits per heavy atom. The van der Waals surface area contributed by atoms with Crippen molar-refractivity contribution in [2.45, 2.75) is 33.4 Å². The van der Waals surface area contributed by atoms with Crippen molar-refractivity contribution >= 4 is 0 Å². The van der Waals surface area contributed by atoms with E-state index in [-0.39, 0.29) is 0 Å². The highest BCUT2D eigenvalue weighted by atomic mass is 16.5. The molecule has 0 saturated carbocycles. The van der Waals surface area contributed by atoms with Gasteiger partial charge >= 0.3 is 0 Å². The molecule has 2 aromatic rings. The van der Waals surface area contributed by atoms with Gasteiger partial charge in [-0.25, -0.2) is 0 Å². The van der Waals surface area contributed by atoms with Crippen LogP contribution in [0.1, 0.15) is 30.2 Å². The molecule has 0 fully saturated rings. The predicted molar refractivity (Wildman–Crippen MR) is 76.1 cm³/mol. The second-order valence-corrected chi connectivity index (χ2v) is 4.67. The Morgan fingerprint density at radius 1 is 1.21 bits per heavy atom. The van der Waals surface area contributed by atoms with Gasteiger partial charge in [0.15, 0.2) is 0 Å². The van der Waals surface area contributed by atoms with Crippen LogP contribution in [0.4, 0.5) is 0 Å². The van der Waals surface area contributed by atoms with Crippen molar-refractivity contribution in [2.24, 2.45) is 0 Å². The van der Waals surface area contributed by atoms with E-state index < -0.39 is 0 Å². The standard InChI is InChI=1S/C15H21N3O/c1-3-8-16-10-13-4-6-14(7-5-13)11-19-15-9-12(2)17-18-15/h4-7,9,16H,3,8,10-11H2,1-2H3,(H,17,18). The van der Waals surface area contributed by atoms with Crippen molar-refractivity contribution < 1.29 is 4.74 Å². The van der Waals surface area contributed by atoms with Crippen LogP contribution >= 0.6 is 0 Å². The van der Waals surface area contributed by atoms with Crippen LogP contribution in [-0.2, 0) is 13.2 Å². The molecule has 0 atom stereocenters. The third-order valence-electron chi connectivity index (χ3n) is 2.85. The number of hydrogen-bond donors (Lipinski definition) is 2. The fourth-order valence-corrected chi connectivity index (χ4v) is 1.79. The van der Waals surface area contributed by atoms with Crippen LogP contribution in [0.15, 0.2) is 30.3 Å². The highest BCUT2D eigenvalue weighted by Crippen LogP contribution is 2.11. The lowest BCUT2D eigenvalue weighted by atomic mass is 10.1. The van der Waals surface area contributed by atoms with Crippen molar-refractivity contribution in [3.63, 3.8) is 0 Å². The zero-order chi connectivity index (χ0) is 13.5. The minimum atomic E-state index is 0.549. The average molecular weight is 259 g/mol. The van der Waals surface area contributed by atoms with Gasteiger partial charge in [-0.1, -0.05) is 31.2 Å². The van der Waals surface area contributed by atoms with Gasteiger partial charge in [0.05, 0.1) is 0 Å². The molecule has 1 heterocycles. The second kappa shape index (κ2) is 6.95. The molecular formula is C15H21N3O. The van der Waals surface area contributed by atoms with E-state index in [4.69, 9.17) is 4.74 Å². The summed E-state index contributed by atoms with van der Waals surface area (Å²) in [5.74, 6) is 0.645. The van der Waals surface area contributed by atoms with Crippen LogP contribution in [0.25, 0.3) is 0 Å². The minimum Gasteiger partial charge on any atom is -0.472 e. The lowest BCUT2D eigenvalue weighted by molar-refractivity contribution is 0.293. The van der Waals surface area contributed by atoms with Gasteiger partial charge in [0.25, 0.3) is 0 Å². The number of H-pyrrole nitrogens is 1. The molecule has 0 radical (unpaired) electrons. The van der Waals surface area contributed by atoms with Gasteiger partial charge in [0.1, 0.15) is 6.61 Å². The van der Waals surface area contributed by atoms with Crippen LogP contribution in [0.3, 0.4) is 0 Å².